The van der Waals surface area contributed by atoms with Crippen molar-refractivity contribution in [2.45, 2.75) is 45.7 Å². The van der Waals surface area contributed by atoms with Gasteiger partial charge in [-0.2, -0.15) is 0 Å². The van der Waals surface area contributed by atoms with E-state index < -0.39 is 35.3 Å². The summed E-state index contributed by atoms with van der Waals surface area (Å²) in [6.45, 7) is 5.38. The van der Waals surface area contributed by atoms with E-state index in [4.69, 9.17) is 17.3 Å². The Morgan fingerprint density at radius 1 is 1.23 bits per heavy atom. The zero-order chi connectivity index (χ0) is 19.6. The lowest BCUT2D eigenvalue weighted by molar-refractivity contribution is -0.143. The molecule has 2 atom stereocenters. The quantitative estimate of drug-likeness (QED) is 0.562. The molecule has 1 saturated carbocycles. The summed E-state index contributed by atoms with van der Waals surface area (Å²) in [6.07, 6.45) is 1.54. The molecule has 0 spiro atoms. The maximum absolute atomic E-state index is 12.7. The van der Waals surface area contributed by atoms with E-state index in [2.05, 4.69) is 10.6 Å². The first kappa shape index (κ1) is 20.0. The average molecular weight is 382 g/mol. The molecule has 0 aliphatic heterocycles. The highest BCUT2D eigenvalue weighted by atomic mass is 35.5. The number of carbonyl (C=O) groups excluding carboxylic acids is 2. The van der Waals surface area contributed by atoms with Crippen LogP contribution in [0.5, 0.6) is 0 Å². The summed E-state index contributed by atoms with van der Waals surface area (Å²) in [5.74, 6) is -2.12. The second-order valence-corrected chi connectivity index (χ2v) is 8.08. The van der Waals surface area contributed by atoms with Crippen molar-refractivity contribution in [3.63, 3.8) is 0 Å². The first-order valence-corrected chi connectivity index (χ1v) is 8.77. The van der Waals surface area contributed by atoms with E-state index in [1.165, 1.54) is 18.2 Å². The van der Waals surface area contributed by atoms with Crippen LogP contribution in [-0.2, 0) is 9.59 Å². The lowest BCUT2D eigenvalue weighted by atomic mass is 9.85. The average Bonchev–Trinajstić information content (AvgIpc) is 3.35. The first-order valence-electron chi connectivity index (χ1n) is 8.39. The fraction of sp³-hybridized carbons (Fsp3) is 0.500. The van der Waals surface area contributed by atoms with E-state index in [-0.39, 0.29) is 16.5 Å². The number of halogens is 1. The van der Waals surface area contributed by atoms with E-state index in [9.17, 15) is 19.5 Å². The van der Waals surface area contributed by atoms with Crippen LogP contribution in [0.1, 0.15) is 44.0 Å². The van der Waals surface area contributed by atoms with Crippen molar-refractivity contribution in [2.75, 3.05) is 5.73 Å². The van der Waals surface area contributed by atoms with Gasteiger partial charge in [-0.25, -0.2) is 4.79 Å². The SMILES string of the molecule is CC(C)(C)[C@H](NC(=O)c1ccc(N)c(Cl)c1)C(=O)N[C@H](C(=O)O)C1CC1. The highest BCUT2D eigenvalue weighted by molar-refractivity contribution is 6.33. The van der Waals surface area contributed by atoms with Crippen LogP contribution in [0.25, 0.3) is 0 Å². The summed E-state index contributed by atoms with van der Waals surface area (Å²) in [5.41, 5.74) is 5.64. The molecule has 0 heterocycles. The van der Waals surface area contributed by atoms with Crippen LogP contribution in [0, 0.1) is 11.3 Å². The van der Waals surface area contributed by atoms with Gasteiger partial charge >= 0.3 is 5.97 Å². The van der Waals surface area contributed by atoms with Gasteiger partial charge in [-0.1, -0.05) is 32.4 Å². The molecule has 0 radical (unpaired) electrons. The number of rotatable bonds is 6. The molecule has 2 rings (SSSR count). The predicted molar refractivity (Wildman–Crippen MR) is 98.9 cm³/mol. The lowest BCUT2D eigenvalue weighted by Gasteiger charge is -2.31. The Kier molecular flexibility index (Phi) is 5.81. The van der Waals surface area contributed by atoms with Crippen molar-refractivity contribution in [1.29, 1.82) is 0 Å². The van der Waals surface area contributed by atoms with Crippen molar-refractivity contribution in [3.05, 3.63) is 28.8 Å². The molecule has 0 aromatic heterocycles. The van der Waals surface area contributed by atoms with E-state index >= 15 is 0 Å². The van der Waals surface area contributed by atoms with E-state index in [1.54, 1.807) is 20.8 Å². The number of nitrogen functional groups attached to an aromatic ring is 1. The molecule has 1 aliphatic carbocycles. The normalized spacial score (nSPS) is 16.5. The highest BCUT2D eigenvalue weighted by Crippen LogP contribution is 2.33. The minimum atomic E-state index is -1.06. The molecule has 8 heteroatoms. The third-order valence-electron chi connectivity index (χ3n) is 4.32. The molecule has 142 valence electrons. The highest BCUT2D eigenvalue weighted by Gasteiger charge is 2.40. The minimum Gasteiger partial charge on any atom is -0.480 e. The number of carboxylic acids is 1. The number of amides is 2. The maximum atomic E-state index is 12.7. The first-order chi connectivity index (χ1) is 12.0. The number of hydrogen-bond acceptors (Lipinski definition) is 4. The summed E-state index contributed by atoms with van der Waals surface area (Å²) in [7, 11) is 0. The second kappa shape index (κ2) is 7.53. The summed E-state index contributed by atoms with van der Waals surface area (Å²) >= 11 is 5.94. The Bertz CT molecular complexity index is 726. The van der Waals surface area contributed by atoms with Crippen LogP contribution in [0.15, 0.2) is 18.2 Å². The predicted octanol–water partition coefficient (Wildman–Crippen LogP) is 2.05. The van der Waals surface area contributed by atoms with Gasteiger partial charge in [0.15, 0.2) is 0 Å². The van der Waals surface area contributed by atoms with Gasteiger partial charge in [0.2, 0.25) is 5.91 Å². The molecule has 7 nitrogen and oxygen atoms in total. The van der Waals surface area contributed by atoms with Crippen LogP contribution in [0.2, 0.25) is 5.02 Å². The van der Waals surface area contributed by atoms with Crippen LogP contribution in [-0.4, -0.2) is 35.0 Å². The number of carboxylic acid groups (broad SMARTS) is 1. The fourth-order valence-corrected chi connectivity index (χ4v) is 2.79. The van der Waals surface area contributed by atoms with Gasteiger partial charge < -0.3 is 21.5 Å². The lowest BCUT2D eigenvalue weighted by Crippen LogP contribution is -2.57. The number of aliphatic carboxylic acids is 1. The smallest absolute Gasteiger partial charge is 0.326 e. The molecule has 0 unspecified atom stereocenters. The maximum Gasteiger partial charge on any atom is 0.326 e. The monoisotopic (exact) mass is 381 g/mol. The van der Waals surface area contributed by atoms with Gasteiger partial charge in [-0.15, -0.1) is 0 Å². The van der Waals surface area contributed by atoms with E-state index in [1.807, 2.05) is 0 Å². The molecule has 1 aromatic rings. The minimum absolute atomic E-state index is 0.0522. The van der Waals surface area contributed by atoms with Crippen LogP contribution < -0.4 is 16.4 Å². The molecule has 1 fully saturated rings. The summed E-state index contributed by atoms with van der Waals surface area (Å²) in [5, 5.41) is 14.8. The van der Waals surface area contributed by atoms with E-state index in [0.29, 0.717) is 5.69 Å². The largest absolute Gasteiger partial charge is 0.480 e. The zero-order valence-corrected chi connectivity index (χ0v) is 15.8. The van der Waals surface area contributed by atoms with Crippen LogP contribution >= 0.6 is 11.6 Å². The van der Waals surface area contributed by atoms with Crippen molar-refractivity contribution in [2.24, 2.45) is 11.3 Å². The Hall–Kier alpha value is -2.28. The van der Waals surface area contributed by atoms with Gasteiger partial charge in [0.05, 0.1) is 10.7 Å². The van der Waals surface area contributed by atoms with Gasteiger partial charge in [0.25, 0.3) is 5.91 Å². The van der Waals surface area contributed by atoms with Gasteiger partial charge in [0, 0.05) is 5.56 Å². The standard InChI is InChI=1S/C18H24ClN3O4/c1-18(2,3)14(16(24)21-13(17(25)26)9-4-5-9)22-15(23)10-6-7-12(20)11(19)8-10/h6-9,13-14H,4-5,20H2,1-3H3,(H,21,24)(H,22,23)(H,25,26)/t13-,14+/m0/s1. The van der Waals surface area contributed by atoms with Crippen LogP contribution in [0.4, 0.5) is 5.69 Å². The molecular weight excluding hydrogens is 358 g/mol. The third-order valence-corrected chi connectivity index (χ3v) is 4.65. The number of hydrogen-bond donors (Lipinski definition) is 4. The summed E-state index contributed by atoms with van der Waals surface area (Å²) in [6, 6.07) is 2.60. The number of anilines is 1. The molecule has 0 bridgehead atoms. The summed E-state index contributed by atoms with van der Waals surface area (Å²) < 4.78 is 0. The van der Waals surface area contributed by atoms with Crippen molar-refractivity contribution < 1.29 is 19.5 Å². The molecule has 2 amide bonds. The number of carbonyl (C=O) groups is 3. The van der Waals surface area contributed by atoms with Gasteiger partial charge in [-0.3, -0.25) is 9.59 Å². The molecule has 5 N–H and O–H groups in total. The molecular formula is C18H24ClN3O4. The third kappa shape index (κ3) is 4.88. The summed E-state index contributed by atoms with van der Waals surface area (Å²) in [4.78, 5) is 36.6. The Labute approximate surface area is 157 Å². The fourth-order valence-electron chi connectivity index (χ4n) is 2.61. The molecule has 0 saturated heterocycles. The van der Waals surface area contributed by atoms with Gasteiger partial charge in [-0.05, 0) is 42.4 Å². The number of nitrogens with one attached hydrogen (secondary N) is 2. The molecule has 26 heavy (non-hydrogen) atoms. The van der Waals surface area contributed by atoms with Gasteiger partial charge in [0.1, 0.15) is 12.1 Å². The number of nitrogens with two attached hydrogens (primary N) is 1. The Morgan fingerprint density at radius 2 is 1.85 bits per heavy atom. The van der Waals surface area contributed by atoms with Crippen molar-refractivity contribution in [3.8, 4) is 0 Å². The van der Waals surface area contributed by atoms with Crippen molar-refractivity contribution >= 4 is 35.1 Å². The molecule has 1 aliphatic rings. The molecule has 1 aromatic carbocycles. The zero-order valence-electron chi connectivity index (χ0n) is 15.0. The van der Waals surface area contributed by atoms with E-state index in [0.717, 1.165) is 12.8 Å². The van der Waals surface area contributed by atoms with Crippen LogP contribution in [0.3, 0.4) is 0 Å². The Balaban J connectivity index is 2.16. The van der Waals surface area contributed by atoms with Crippen molar-refractivity contribution in [1.82, 2.24) is 10.6 Å². The second-order valence-electron chi connectivity index (χ2n) is 7.67. The number of benzene rings is 1. The topological polar surface area (TPSA) is 122 Å². The Morgan fingerprint density at radius 3 is 2.31 bits per heavy atom.